The Labute approximate surface area is 165 Å². The molecule has 1 saturated carbocycles. The number of unbranched alkanes of at least 4 members (excludes halogenated alkanes) is 6. The molecule has 1 heteroatoms. The van der Waals surface area contributed by atoms with E-state index in [1.165, 1.54) is 96.6 Å². The summed E-state index contributed by atoms with van der Waals surface area (Å²) in [5.74, 6) is 1.01. The van der Waals surface area contributed by atoms with Crippen molar-refractivity contribution in [1.82, 2.24) is 4.90 Å². The van der Waals surface area contributed by atoms with Crippen molar-refractivity contribution in [2.24, 2.45) is 16.7 Å². The third-order valence-corrected chi connectivity index (χ3v) is 8.32. The highest BCUT2D eigenvalue weighted by atomic mass is 15.3. The molecule has 0 amide bonds. The van der Waals surface area contributed by atoms with Gasteiger partial charge in [-0.1, -0.05) is 79.1 Å². The summed E-state index contributed by atoms with van der Waals surface area (Å²) >= 11 is 0. The van der Waals surface area contributed by atoms with Crippen molar-refractivity contribution >= 4 is 0 Å². The lowest BCUT2D eigenvalue weighted by Gasteiger charge is -2.66. The van der Waals surface area contributed by atoms with Crippen LogP contribution in [0.3, 0.4) is 0 Å². The molecule has 1 heterocycles. The molecule has 154 valence electrons. The smallest absolute Gasteiger partial charge is 0.0151 e. The number of likely N-dealkylation sites (tertiary alicyclic amines) is 1. The minimum Gasteiger partial charge on any atom is -0.297 e. The molecule has 1 aliphatic heterocycles. The number of nitrogens with zero attached hydrogens (tertiary/aromatic N) is 1. The summed E-state index contributed by atoms with van der Waals surface area (Å²) in [7, 11) is 0. The zero-order valence-electron chi connectivity index (χ0n) is 19.1. The Balaban J connectivity index is 1.83. The quantitative estimate of drug-likeness (QED) is 0.301. The van der Waals surface area contributed by atoms with Crippen molar-refractivity contribution in [3.05, 3.63) is 0 Å². The van der Waals surface area contributed by atoms with Gasteiger partial charge in [0.2, 0.25) is 0 Å². The summed E-state index contributed by atoms with van der Waals surface area (Å²) in [5, 5.41) is 0. The van der Waals surface area contributed by atoms with Crippen molar-refractivity contribution in [3.8, 4) is 0 Å². The van der Waals surface area contributed by atoms with Crippen LogP contribution in [0.1, 0.15) is 125 Å². The van der Waals surface area contributed by atoms with Crippen molar-refractivity contribution < 1.29 is 0 Å². The number of hydrogen-bond acceptors (Lipinski definition) is 1. The average Bonchev–Trinajstić information content (AvgIpc) is 2.53. The fourth-order valence-electron chi connectivity index (χ4n) is 5.60. The molecule has 1 saturated heterocycles. The first-order chi connectivity index (χ1) is 12.3. The summed E-state index contributed by atoms with van der Waals surface area (Å²) in [6.45, 7) is 17.3. The van der Waals surface area contributed by atoms with Gasteiger partial charge in [0.15, 0.2) is 0 Å². The van der Waals surface area contributed by atoms with E-state index in [-0.39, 0.29) is 0 Å². The maximum Gasteiger partial charge on any atom is 0.0151 e. The lowest BCUT2D eigenvalue weighted by atomic mass is 9.49. The Kier molecular flexibility index (Phi) is 8.08. The van der Waals surface area contributed by atoms with Gasteiger partial charge in [0, 0.05) is 18.6 Å². The second-order valence-corrected chi connectivity index (χ2v) is 10.9. The number of hydrogen-bond donors (Lipinski definition) is 0. The molecular formula is C25H49N. The summed E-state index contributed by atoms with van der Waals surface area (Å²) < 4.78 is 0. The maximum absolute atomic E-state index is 2.75. The van der Waals surface area contributed by atoms with Crippen LogP contribution in [0.2, 0.25) is 0 Å². The van der Waals surface area contributed by atoms with Crippen molar-refractivity contribution in [3.63, 3.8) is 0 Å². The van der Waals surface area contributed by atoms with Crippen LogP contribution in [0.5, 0.6) is 0 Å². The molecule has 0 aromatic carbocycles. The van der Waals surface area contributed by atoms with Gasteiger partial charge in [-0.25, -0.2) is 0 Å². The molecule has 0 aromatic heterocycles. The predicted octanol–water partition coefficient (Wildman–Crippen LogP) is 7.83. The van der Waals surface area contributed by atoms with Crippen LogP contribution in [0.4, 0.5) is 0 Å². The van der Waals surface area contributed by atoms with Gasteiger partial charge in [-0.05, 0) is 62.7 Å². The van der Waals surface area contributed by atoms with E-state index in [1.54, 1.807) is 0 Å². The van der Waals surface area contributed by atoms with E-state index in [0.717, 1.165) is 5.92 Å². The fraction of sp³-hybridized carbons (Fsp3) is 1.00. The number of rotatable bonds is 13. The molecule has 0 N–H and O–H groups in total. The second-order valence-electron chi connectivity index (χ2n) is 10.9. The summed E-state index contributed by atoms with van der Waals surface area (Å²) in [4.78, 5) is 2.75. The van der Waals surface area contributed by atoms with Crippen molar-refractivity contribution in [2.45, 2.75) is 131 Å². The highest BCUT2D eigenvalue weighted by Gasteiger charge is 2.57. The van der Waals surface area contributed by atoms with Crippen LogP contribution in [0.25, 0.3) is 0 Å². The molecule has 1 spiro atoms. The van der Waals surface area contributed by atoms with Crippen LogP contribution in [0, 0.1) is 16.7 Å². The predicted molar refractivity (Wildman–Crippen MR) is 117 cm³/mol. The van der Waals surface area contributed by atoms with Gasteiger partial charge in [-0.3, -0.25) is 4.90 Å². The molecule has 2 rings (SSSR count). The molecule has 0 bridgehead atoms. The Bertz CT molecular complexity index is 384. The SMILES string of the molecule is CCCCCCC(C)(CCCCCC)C1CC2(C1)CN(C(C)(C)CC)C2. The van der Waals surface area contributed by atoms with E-state index >= 15 is 0 Å². The van der Waals surface area contributed by atoms with Gasteiger partial charge in [-0.2, -0.15) is 0 Å². The monoisotopic (exact) mass is 363 g/mol. The Hall–Kier alpha value is -0.0400. The average molecular weight is 364 g/mol. The first-order valence-electron chi connectivity index (χ1n) is 12.1. The minimum absolute atomic E-state index is 0.417. The van der Waals surface area contributed by atoms with Crippen LogP contribution >= 0.6 is 0 Å². The summed E-state index contributed by atoms with van der Waals surface area (Å²) in [5.41, 5.74) is 1.76. The first kappa shape index (κ1) is 22.3. The van der Waals surface area contributed by atoms with Gasteiger partial charge in [0.05, 0.1) is 0 Å². The van der Waals surface area contributed by atoms with E-state index in [9.17, 15) is 0 Å². The Morgan fingerprint density at radius 2 is 1.27 bits per heavy atom. The van der Waals surface area contributed by atoms with E-state index < -0.39 is 0 Å². The molecule has 1 aliphatic carbocycles. The normalized spacial score (nSPS) is 21.0. The first-order valence-corrected chi connectivity index (χ1v) is 12.1. The van der Waals surface area contributed by atoms with E-state index in [1.807, 2.05) is 0 Å². The minimum atomic E-state index is 0.417. The molecule has 2 aliphatic rings. The molecule has 1 nitrogen and oxygen atoms in total. The van der Waals surface area contributed by atoms with Crippen LogP contribution in [-0.2, 0) is 0 Å². The topological polar surface area (TPSA) is 3.24 Å². The standard InChI is InChI=1S/C25H49N/c1-7-10-12-14-16-24(6,17-15-13-11-8-2)22-18-25(19-22)20-26(21-25)23(4,5)9-3/h22H,7-21H2,1-6H3. The molecule has 0 radical (unpaired) electrons. The van der Waals surface area contributed by atoms with Gasteiger partial charge in [0.1, 0.15) is 0 Å². The van der Waals surface area contributed by atoms with E-state index in [2.05, 4.69) is 46.4 Å². The van der Waals surface area contributed by atoms with Gasteiger partial charge in [-0.15, -0.1) is 0 Å². The molecule has 0 unspecified atom stereocenters. The highest BCUT2D eigenvalue weighted by molar-refractivity contribution is 5.10. The Morgan fingerprint density at radius 1 is 0.769 bits per heavy atom. The van der Waals surface area contributed by atoms with Crippen LogP contribution in [-0.4, -0.2) is 23.5 Å². The molecule has 2 fully saturated rings. The van der Waals surface area contributed by atoms with Gasteiger partial charge >= 0.3 is 0 Å². The molecule has 0 aromatic rings. The lowest BCUT2D eigenvalue weighted by Crippen LogP contribution is -2.68. The molecule has 26 heavy (non-hydrogen) atoms. The van der Waals surface area contributed by atoms with Gasteiger partial charge in [0.25, 0.3) is 0 Å². The van der Waals surface area contributed by atoms with Crippen molar-refractivity contribution in [1.29, 1.82) is 0 Å². The molecular weight excluding hydrogens is 314 g/mol. The Morgan fingerprint density at radius 3 is 1.69 bits per heavy atom. The second kappa shape index (κ2) is 9.44. The van der Waals surface area contributed by atoms with Gasteiger partial charge < -0.3 is 0 Å². The molecule has 0 atom stereocenters. The van der Waals surface area contributed by atoms with Crippen molar-refractivity contribution in [2.75, 3.05) is 13.1 Å². The third kappa shape index (κ3) is 5.27. The maximum atomic E-state index is 2.75. The van der Waals surface area contributed by atoms with E-state index in [4.69, 9.17) is 0 Å². The summed E-state index contributed by atoms with van der Waals surface area (Å²) in [6, 6.07) is 0. The summed E-state index contributed by atoms with van der Waals surface area (Å²) in [6.07, 6.45) is 18.8. The zero-order chi connectivity index (χ0) is 19.3. The largest absolute Gasteiger partial charge is 0.297 e. The van der Waals surface area contributed by atoms with E-state index in [0.29, 0.717) is 16.4 Å². The highest BCUT2D eigenvalue weighted by Crippen LogP contribution is 2.61. The van der Waals surface area contributed by atoms with Crippen LogP contribution < -0.4 is 0 Å². The zero-order valence-corrected chi connectivity index (χ0v) is 19.1. The third-order valence-electron chi connectivity index (χ3n) is 8.32. The lowest BCUT2D eigenvalue weighted by molar-refractivity contribution is -0.162. The fourth-order valence-corrected chi connectivity index (χ4v) is 5.60. The van der Waals surface area contributed by atoms with Crippen LogP contribution in [0.15, 0.2) is 0 Å².